The maximum atomic E-state index is 15.3. The normalized spacial score (nSPS) is 27.5. The van der Waals surface area contributed by atoms with Crippen molar-refractivity contribution in [2.24, 2.45) is 17.3 Å². The first kappa shape index (κ1) is 34.1. The first-order valence-corrected chi connectivity index (χ1v) is 18.9. The minimum atomic E-state index is -2.65. The summed E-state index contributed by atoms with van der Waals surface area (Å²) in [5.41, 5.74) is 4.66. The largest absolute Gasteiger partial charge is 0.369 e. The number of nitrogens with zero attached hydrogens (tertiary/aromatic N) is 4. The number of benzene rings is 2. The lowest BCUT2D eigenvalue weighted by Gasteiger charge is -2.43. The number of carbonyl (C=O) groups is 3. The van der Waals surface area contributed by atoms with Gasteiger partial charge in [-0.2, -0.15) is 5.10 Å². The fraction of sp³-hybridized carbons (Fsp3) is 0.500. The first-order chi connectivity index (χ1) is 25.4. The number of anilines is 1. The van der Waals surface area contributed by atoms with Crippen LogP contribution in [-0.4, -0.2) is 93.9 Å². The minimum absolute atomic E-state index is 0.0130. The Morgan fingerprint density at radius 1 is 1.02 bits per heavy atom. The van der Waals surface area contributed by atoms with Gasteiger partial charge in [-0.05, 0) is 74.4 Å². The van der Waals surface area contributed by atoms with Crippen LogP contribution >= 0.6 is 0 Å². The predicted octanol–water partition coefficient (Wildman–Crippen LogP) is 5.65. The molecule has 0 bridgehead atoms. The third-order valence-electron chi connectivity index (χ3n) is 13.0. The van der Waals surface area contributed by atoms with E-state index in [1.54, 1.807) is 13.0 Å². The maximum absolute atomic E-state index is 15.3. The molecule has 2 aliphatic carbocycles. The highest BCUT2D eigenvalue weighted by Crippen LogP contribution is 2.70. The molecule has 2 aromatic carbocycles. The van der Waals surface area contributed by atoms with Crippen LogP contribution < -0.4 is 10.2 Å². The van der Waals surface area contributed by atoms with E-state index in [0.717, 1.165) is 66.9 Å². The Labute approximate surface area is 305 Å². The molecule has 0 radical (unpaired) electrons. The second-order valence-electron chi connectivity index (χ2n) is 16.2. The van der Waals surface area contributed by atoms with Crippen molar-refractivity contribution in [3.63, 3.8) is 0 Å². The van der Waals surface area contributed by atoms with Crippen molar-refractivity contribution in [1.82, 2.24) is 30.3 Å². The summed E-state index contributed by atoms with van der Waals surface area (Å²) in [6, 6.07) is 12.8. The molecule has 53 heavy (non-hydrogen) atoms. The van der Waals surface area contributed by atoms with E-state index in [1.165, 1.54) is 6.07 Å². The second-order valence-corrected chi connectivity index (χ2v) is 16.2. The summed E-state index contributed by atoms with van der Waals surface area (Å²) < 4.78 is 44.3. The molecule has 3 saturated heterocycles. The predicted molar refractivity (Wildman–Crippen MR) is 193 cm³/mol. The molecule has 4 atom stereocenters. The number of piperidine rings is 2. The van der Waals surface area contributed by atoms with Crippen LogP contribution in [0.5, 0.6) is 0 Å². The number of halogens is 3. The Balaban J connectivity index is 0.790. The number of imide groups is 1. The maximum Gasteiger partial charge on any atom is 0.258 e. The van der Waals surface area contributed by atoms with E-state index in [0.29, 0.717) is 60.8 Å². The number of fused-ring (bicyclic) bond motifs is 3. The standard InChI is InChI=1S/C40H44F3N7O3/c1-22-20-50(14-13-49(22)21-23-9-11-48(12-10-23)33-7-5-24(15-29(33)41)27-6-8-35(51)45-37(27)52)38(53)26-4-3-25-16-31(44-30(25)17-26)36-28-18-34-39(2,40(34,42)43)19-32(28)46-47-36/h3-5,7,15-17,22-23,27,34,44H,6,8-14,18-21H2,1-2H3,(H,46,47)(H,45,51,52)/t22-,27?,34-,39+/m0/s1. The van der Waals surface area contributed by atoms with Crippen molar-refractivity contribution < 1.29 is 27.6 Å². The fourth-order valence-corrected chi connectivity index (χ4v) is 9.55. The average Bonchev–Trinajstić information content (AvgIpc) is 3.52. The van der Waals surface area contributed by atoms with Crippen molar-refractivity contribution in [2.75, 3.05) is 44.2 Å². The Bertz CT molecular complexity index is 2140. The lowest BCUT2D eigenvalue weighted by molar-refractivity contribution is -0.134. The third kappa shape index (κ3) is 5.73. The molecule has 3 aliphatic heterocycles. The quantitative estimate of drug-likeness (QED) is 0.221. The first-order valence-electron chi connectivity index (χ1n) is 18.9. The van der Waals surface area contributed by atoms with Gasteiger partial charge in [0.2, 0.25) is 11.8 Å². The van der Waals surface area contributed by atoms with Gasteiger partial charge in [-0.15, -0.1) is 0 Å². The Morgan fingerprint density at radius 2 is 1.83 bits per heavy atom. The number of nitrogens with one attached hydrogen (secondary N) is 3. The van der Waals surface area contributed by atoms with Gasteiger partial charge >= 0.3 is 0 Å². The van der Waals surface area contributed by atoms with Crippen molar-refractivity contribution in [3.05, 3.63) is 70.7 Å². The number of aromatic amines is 2. The summed E-state index contributed by atoms with van der Waals surface area (Å²) >= 11 is 0. The molecular weight excluding hydrogens is 683 g/mol. The number of amides is 3. The van der Waals surface area contributed by atoms with Gasteiger partial charge < -0.3 is 14.8 Å². The molecule has 10 nitrogen and oxygen atoms in total. The molecule has 5 aliphatic rings. The van der Waals surface area contributed by atoms with Gasteiger partial charge in [-0.3, -0.25) is 29.7 Å². The van der Waals surface area contributed by atoms with Crippen molar-refractivity contribution >= 4 is 34.3 Å². The van der Waals surface area contributed by atoms with Crippen molar-refractivity contribution in [2.45, 2.75) is 70.3 Å². The van der Waals surface area contributed by atoms with Gasteiger partial charge in [0.15, 0.2) is 0 Å². The van der Waals surface area contributed by atoms with E-state index in [9.17, 15) is 23.2 Å². The number of H-pyrrole nitrogens is 2. The molecule has 9 rings (SSSR count). The zero-order valence-electron chi connectivity index (χ0n) is 30.0. The molecule has 4 aromatic rings. The molecule has 278 valence electrons. The van der Waals surface area contributed by atoms with E-state index in [-0.39, 0.29) is 36.0 Å². The van der Waals surface area contributed by atoms with Gasteiger partial charge in [0.1, 0.15) is 11.5 Å². The average molecular weight is 728 g/mol. The number of hydrogen-bond acceptors (Lipinski definition) is 6. The monoisotopic (exact) mass is 727 g/mol. The van der Waals surface area contributed by atoms with Crippen LogP contribution in [0.25, 0.3) is 22.3 Å². The molecule has 1 saturated carbocycles. The summed E-state index contributed by atoms with van der Waals surface area (Å²) in [4.78, 5) is 47.4. The Hall–Kier alpha value is -4.65. The molecule has 1 unspecified atom stereocenters. The fourth-order valence-electron chi connectivity index (χ4n) is 9.55. The smallest absolute Gasteiger partial charge is 0.258 e. The lowest BCUT2D eigenvalue weighted by atomic mass is 9.87. The molecule has 5 heterocycles. The number of aromatic nitrogens is 3. The van der Waals surface area contributed by atoms with Crippen LogP contribution in [0.1, 0.15) is 72.6 Å². The van der Waals surface area contributed by atoms with Crippen molar-refractivity contribution in [3.8, 4) is 11.4 Å². The highest BCUT2D eigenvalue weighted by atomic mass is 19.3. The molecular formula is C40H44F3N7O3. The topological polar surface area (TPSA) is 117 Å². The van der Waals surface area contributed by atoms with Gasteiger partial charge in [-0.1, -0.05) is 19.1 Å². The molecule has 0 spiro atoms. The number of hydrogen-bond donors (Lipinski definition) is 3. The number of alkyl halides is 2. The molecule has 3 N–H and O–H groups in total. The summed E-state index contributed by atoms with van der Waals surface area (Å²) in [6.07, 6.45) is 3.12. The lowest BCUT2D eigenvalue weighted by Crippen LogP contribution is -2.55. The summed E-state index contributed by atoms with van der Waals surface area (Å²) in [6.45, 7) is 8.28. The summed E-state index contributed by atoms with van der Waals surface area (Å²) in [5.74, 6) is -4.34. The zero-order valence-corrected chi connectivity index (χ0v) is 30.0. The van der Waals surface area contributed by atoms with E-state index < -0.39 is 23.2 Å². The van der Waals surface area contributed by atoms with E-state index in [4.69, 9.17) is 0 Å². The zero-order chi connectivity index (χ0) is 36.8. The van der Waals surface area contributed by atoms with Crippen LogP contribution in [0.4, 0.5) is 18.9 Å². The van der Waals surface area contributed by atoms with Crippen LogP contribution in [-0.2, 0) is 22.4 Å². The number of carbonyl (C=O) groups excluding carboxylic acids is 3. The van der Waals surface area contributed by atoms with Gasteiger partial charge in [0.25, 0.3) is 11.8 Å². The number of rotatable bonds is 6. The van der Waals surface area contributed by atoms with Crippen LogP contribution in [0.15, 0.2) is 42.5 Å². The summed E-state index contributed by atoms with van der Waals surface area (Å²) in [5, 5.41) is 10.8. The Kier molecular flexibility index (Phi) is 8.03. The van der Waals surface area contributed by atoms with Gasteiger partial charge in [-0.25, -0.2) is 13.2 Å². The molecule has 4 fully saturated rings. The molecule has 2 aromatic heterocycles. The van der Waals surface area contributed by atoms with E-state index >= 15 is 4.39 Å². The highest BCUT2D eigenvalue weighted by molar-refractivity contribution is 6.01. The van der Waals surface area contributed by atoms with Crippen molar-refractivity contribution in [1.29, 1.82) is 0 Å². The van der Waals surface area contributed by atoms with Gasteiger partial charge in [0.05, 0.1) is 17.3 Å². The highest BCUT2D eigenvalue weighted by Gasteiger charge is 2.78. The van der Waals surface area contributed by atoms with Crippen LogP contribution in [0, 0.1) is 23.1 Å². The molecule has 13 heteroatoms. The van der Waals surface area contributed by atoms with Crippen LogP contribution in [0.2, 0.25) is 0 Å². The number of piperazine rings is 1. The molecule has 3 amide bonds. The van der Waals surface area contributed by atoms with Gasteiger partial charge in [0, 0.05) is 97.2 Å². The van der Waals surface area contributed by atoms with E-state index in [1.807, 2.05) is 35.2 Å². The minimum Gasteiger partial charge on any atom is -0.369 e. The summed E-state index contributed by atoms with van der Waals surface area (Å²) in [7, 11) is 0. The SMILES string of the molecule is C[C@H]1CN(C(=O)c2ccc3cc(-c4n[nH]c5c4C[C@@H]4C(F)(F)[C@]4(C)C5)[nH]c3c2)CCN1CC1CCN(c2ccc(C3CCC(=O)NC3=O)cc2F)CC1. The van der Waals surface area contributed by atoms with Crippen LogP contribution in [0.3, 0.4) is 0 Å². The Morgan fingerprint density at radius 3 is 2.58 bits per heavy atom. The van der Waals surface area contributed by atoms with E-state index in [2.05, 4.69) is 37.2 Å². The second kappa shape index (κ2) is 12.5. The third-order valence-corrected chi connectivity index (χ3v) is 13.0.